The number of ether oxygens (including phenoxy) is 2. The summed E-state index contributed by atoms with van der Waals surface area (Å²) in [7, 11) is 0. The molecule has 1 aliphatic carbocycles. The van der Waals surface area contributed by atoms with Gasteiger partial charge in [0.2, 0.25) is 0 Å². The second-order valence-corrected chi connectivity index (χ2v) is 5.83. The highest BCUT2D eigenvalue weighted by atomic mass is 16.7. The number of hydrogen-bond acceptors (Lipinski definition) is 9. The van der Waals surface area contributed by atoms with E-state index >= 15 is 0 Å². The molecule has 2 fully saturated rings. The Morgan fingerprint density at radius 2 is 1.62 bits per heavy atom. The van der Waals surface area contributed by atoms with Crippen molar-refractivity contribution >= 4 is 0 Å². The molecule has 0 spiro atoms. The van der Waals surface area contributed by atoms with Crippen LogP contribution in [-0.2, 0) is 9.47 Å². The highest BCUT2D eigenvalue weighted by molar-refractivity contribution is 5.03. The molecule has 0 aromatic carbocycles. The minimum Gasteiger partial charge on any atom is -0.390 e. The Balaban J connectivity index is 2.06. The predicted octanol–water partition coefficient (Wildman–Crippen LogP) is -4.09. The van der Waals surface area contributed by atoms with E-state index < -0.39 is 48.8 Å². The van der Waals surface area contributed by atoms with Crippen LogP contribution in [0.5, 0.6) is 0 Å². The fraction of sp³-hybridized carbons (Fsp3) is 1.00. The van der Waals surface area contributed by atoms with Crippen LogP contribution in [0, 0.1) is 0 Å². The lowest BCUT2D eigenvalue weighted by molar-refractivity contribution is -0.260. The third-order valence-electron chi connectivity index (χ3n) is 4.30. The summed E-state index contributed by atoms with van der Waals surface area (Å²) in [6.45, 7) is 0.335. The number of rotatable bonds is 3. The zero-order valence-electron chi connectivity index (χ0n) is 11.8. The molecule has 2 aliphatic rings. The van der Waals surface area contributed by atoms with Gasteiger partial charge in [-0.1, -0.05) is 0 Å². The van der Waals surface area contributed by atoms with Gasteiger partial charge in [-0.2, -0.15) is 0 Å². The molecular weight excluding hydrogens is 280 g/mol. The maximum Gasteiger partial charge on any atom is 0.173 e. The molecule has 9 heteroatoms. The Morgan fingerprint density at radius 3 is 2.24 bits per heavy atom. The van der Waals surface area contributed by atoms with Gasteiger partial charge in [-0.3, -0.25) is 0 Å². The van der Waals surface area contributed by atoms with Crippen LogP contribution in [0.25, 0.3) is 0 Å². The zero-order chi connectivity index (χ0) is 15.7. The monoisotopic (exact) mass is 306 g/mol. The van der Waals surface area contributed by atoms with Gasteiger partial charge in [-0.15, -0.1) is 0 Å². The molecule has 0 amide bonds. The molecule has 0 bridgehead atoms. The van der Waals surface area contributed by atoms with Crippen molar-refractivity contribution in [3.05, 3.63) is 0 Å². The van der Waals surface area contributed by atoms with Gasteiger partial charge in [0.15, 0.2) is 6.29 Å². The normalized spacial score (nSPS) is 51.9. The van der Waals surface area contributed by atoms with Crippen molar-refractivity contribution in [2.75, 3.05) is 6.54 Å². The lowest BCUT2D eigenvalue weighted by Gasteiger charge is -2.45. The fourth-order valence-electron chi connectivity index (χ4n) is 2.81. The lowest BCUT2D eigenvalue weighted by Crippen LogP contribution is -2.70. The summed E-state index contributed by atoms with van der Waals surface area (Å²) in [4.78, 5) is 0. The van der Waals surface area contributed by atoms with Crippen molar-refractivity contribution in [1.82, 2.24) is 0 Å². The predicted molar refractivity (Wildman–Crippen MR) is 73.8 cm³/mol. The molecule has 0 radical (unpaired) electrons. The first-order valence-electron chi connectivity index (χ1n) is 7.18. The van der Waals surface area contributed by atoms with E-state index in [9.17, 15) is 15.3 Å². The number of nitrogens with two attached hydrogens (primary N) is 4. The summed E-state index contributed by atoms with van der Waals surface area (Å²) >= 11 is 0. The van der Waals surface area contributed by atoms with Crippen molar-refractivity contribution in [3.63, 3.8) is 0 Å². The minimum atomic E-state index is -1.34. The van der Waals surface area contributed by atoms with Crippen LogP contribution in [0.1, 0.15) is 12.8 Å². The Kier molecular flexibility index (Phi) is 5.52. The van der Waals surface area contributed by atoms with E-state index in [4.69, 9.17) is 32.4 Å². The van der Waals surface area contributed by atoms with Crippen LogP contribution < -0.4 is 22.9 Å². The standard InChI is InChI=1S/C12H26N4O5/c13-3-4-1-2-5(14)12(20-4)21-11-7(16)8(17)6(15)9(18)10(11)19/h4-12,17-19H,1-3,13-16H2/t4?,5?,6-,7+,8?,9+,10?,11?,12-/m1/s1. The summed E-state index contributed by atoms with van der Waals surface area (Å²) in [5, 5.41) is 29.8. The second kappa shape index (κ2) is 6.82. The third kappa shape index (κ3) is 3.36. The number of aliphatic hydroxyl groups excluding tert-OH is 3. The van der Waals surface area contributed by atoms with Gasteiger partial charge in [0.1, 0.15) is 18.3 Å². The molecule has 124 valence electrons. The topological polar surface area (TPSA) is 183 Å². The van der Waals surface area contributed by atoms with Crippen LogP contribution in [0.3, 0.4) is 0 Å². The summed E-state index contributed by atoms with van der Waals surface area (Å²) in [6.07, 6.45) is -4.47. The molecule has 2 rings (SSSR count). The maximum absolute atomic E-state index is 10.1. The first kappa shape index (κ1) is 17.0. The van der Waals surface area contributed by atoms with E-state index in [0.29, 0.717) is 13.0 Å². The Hall–Kier alpha value is -0.360. The van der Waals surface area contributed by atoms with E-state index in [0.717, 1.165) is 6.42 Å². The van der Waals surface area contributed by atoms with Crippen molar-refractivity contribution in [1.29, 1.82) is 0 Å². The van der Waals surface area contributed by atoms with Crippen molar-refractivity contribution in [2.24, 2.45) is 22.9 Å². The van der Waals surface area contributed by atoms with Gasteiger partial charge >= 0.3 is 0 Å². The van der Waals surface area contributed by atoms with E-state index in [2.05, 4.69) is 0 Å². The molecule has 9 nitrogen and oxygen atoms in total. The first-order valence-corrected chi connectivity index (χ1v) is 7.18. The number of aliphatic hydroxyl groups is 3. The first-order chi connectivity index (χ1) is 9.86. The van der Waals surface area contributed by atoms with Gasteiger partial charge in [-0.25, -0.2) is 0 Å². The van der Waals surface area contributed by atoms with Crippen LogP contribution >= 0.6 is 0 Å². The van der Waals surface area contributed by atoms with E-state index in [1.807, 2.05) is 0 Å². The third-order valence-corrected chi connectivity index (χ3v) is 4.30. The minimum absolute atomic E-state index is 0.177. The summed E-state index contributed by atoms with van der Waals surface area (Å²) < 4.78 is 11.2. The SMILES string of the molecule is NCC1CCC(N)[C@@H](OC2C(O)[C@@H](O)[C@H](N)C(O)[C@@H]2N)O1. The lowest BCUT2D eigenvalue weighted by atomic mass is 9.82. The molecule has 11 N–H and O–H groups in total. The molecular formula is C12H26N4O5. The average Bonchev–Trinajstić information content (AvgIpc) is 2.49. The Labute approximate surface area is 123 Å². The largest absolute Gasteiger partial charge is 0.390 e. The Morgan fingerprint density at radius 1 is 0.952 bits per heavy atom. The fourth-order valence-corrected chi connectivity index (χ4v) is 2.81. The average molecular weight is 306 g/mol. The van der Waals surface area contributed by atoms with Crippen LogP contribution in [0.15, 0.2) is 0 Å². The molecule has 5 unspecified atom stereocenters. The molecule has 1 aliphatic heterocycles. The smallest absolute Gasteiger partial charge is 0.173 e. The van der Waals surface area contributed by atoms with Crippen LogP contribution in [0.4, 0.5) is 0 Å². The molecule has 1 heterocycles. The molecule has 21 heavy (non-hydrogen) atoms. The van der Waals surface area contributed by atoms with Gasteiger partial charge in [-0.05, 0) is 12.8 Å². The zero-order valence-corrected chi connectivity index (χ0v) is 11.8. The van der Waals surface area contributed by atoms with Gasteiger partial charge in [0.05, 0.1) is 30.3 Å². The maximum atomic E-state index is 10.1. The quantitative estimate of drug-likeness (QED) is 0.272. The van der Waals surface area contributed by atoms with Gasteiger partial charge in [0.25, 0.3) is 0 Å². The summed E-state index contributed by atoms with van der Waals surface area (Å²) in [5.41, 5.74) is 23.0. The van der Waals surface area contributed by atoms with Crippen molar-refractivity contribution in [3.8, 4) is 0 Å². The molecule has 1 saturated heterocycles. The van der Waals surface area contributed by atoms with Crippen LogP contribution in [0.2, 0.25) is 0 Å². The number of hydrogen-bond donors (Lipinski definition) is 7. The second-order valence-electron chi connectivity index (χ2n) is 5.83. The van der Waals surface area contributed by atoms with Gasteiger partial charge < -0.3 is 47.7 Å². The van der Waals surface area contributed by atoms with Crippen molar-refractivity contribution in [2.45, 2.75) is 67.8 Å². The summed E-state index contributed by atoms with van der Waals surface area (Å²) in [5.74, 6) is 0. The van der Waals surface area contributed by atoms with E-state index in [1.54, 1.807) is 0 Å². The van der Waals surface area contributed by atoms with Crippen LogP contribution in [-0.4, -0.2) is 76.8 Å². The Bertz CT molecular complexity index is 334. The van der Waals surface area contributed by atoms with E-state index in [-0.39, 0.29) is 6.10 Å². The van der Waals surface area contributed by atoms with Gasteiger partial charge in [0, 0.05) is 6.54 Å². The highest BCUT2D eigenvalue weighted by Gasteiger charge is 2.48. The summed E-state index contributed by atoms with van der Waals surface area (Å²) in [6, 6.07) is -2.38. The molecule has 1 saturated carbocycles. The van der Waals surface area contributed by atoms with E-state index in [1.165, 1.54) is 0 Å². The molecule has 9 atom stereocenters. The molecule has 0 aromatic heterocycles. The highest BCUT2D eigenvalue weighted by Crippen LogP contribution is 2.26. The van der Waals surface area contributed by atoms with Crippen molar-refractivity contribution < 1.29 is 24.8 Å². The molecule has 0 aromatic rings.